The summed E-state index contributed by atoms with van der Waals surface area (Å²) in [5.74, 6) is -1.31. The Morgan fingerprint density at radius 2 is 2.04 bits per heavy atom. The fourth-order valence-corrected chi connectivity index (χ4v) is 2.90. The third-order valence-electron chi connectivity index (χ3n) is 3.17. The van der Waals surface area contributed by atoms with E-state index >= 15 is 0 Å². The monoisotopic (exact) mass is 371 g/mol. The van der Waals surface area contributed by atoms with Crippen LogP contribution in [-0.4, -0.2) is 31.6 Å². The van der Waals surface area contributed by atoms with Crippen LogP contribution in [0.15, 0.2) is 27.6 Å². The second-order valence-electron chi connectivity index (χ2n) is 6.23. The van der Waals surface area contributed by atoms with Crippen molar-refractivity contribution in [3.8, 4) is 0 Å². The van der Waals surface area contributed by atoms with Crippen LogP contribution < -0.4 is 4.72 Å². The maximum absolute atomic E-state index is 13.9. The van der Waals surface area contributed by atoms with E-state index in [9.17, 15) is 17.6 Å². The maximum atomic E-state index is 13.9. The summed E-state index contributed by atoms with van der Waals surface area (Å²) in [6.45, 7) is 5.30. The van der Waals surface area contributed by atoms with Crippen molar-refractivity contribution < 1.29 is 26.9 Å². The van der Waals surface area contributed by atoms with Crippen molar-refractivity contribution in [3.05, 3.63) is 41.3 Å². The molecule has 8 nitrogen and oxygen atoms in total. The first-order valence-electron chi connectivity index (χ1n) is 7.25. The van der Waals surface area contributed by atoms with Gasteiger partial charge in [0.1, 0.15) is 10.7 Å². The fraction of sp³-hybridized carbons (Fsp3) is 0.400. The summed E-state index contributed by atoms with van der Waals surface area (Å²) < 4.78 is 50.2. The lowest BCUT2D eigenvalue weighted by Crippen LogP contribution is -2.25. The molecule has 0 aliphatic carbocycles. The van der Waals surface area contributed by atoms with Crippen molar-refractivity contribution in [3.63, 3.8) is 0 Å². The Balaban J connectivity index is 2.22. The van der Waals surface area contributed by atoms with Crippen LogP contribution >= 0.6 is 0 Å². The van der Waals surface area contributed by atoms with Gasteiger partial charge in [0.2, 0.25) is 15.9 Å². The van der Waals surface area contributed by atoms with Crippen molar-refractivity contribution in [2.75, 3.05) is 7.11 Å². The fourth-order valence-electron chi connectivity index (χ4n) is 1.82. The van der Waals surface area contributed by atoms with Gasteiger partial charge in [-0.25, -0.2) is 22.3 Å². The van der Waals surface area contributed by atoms with E-state index in [1.807, 2.05) is 20.8 Å². The lowest BCUT2D eigenvalue weighted by atomic mass is 9.97. The average Bonchev–Trinajstić information content (AvgIpc) is 3.02. The zero-order valence-corrected chi connectivity index (χ0v) is 15.0. The average molecular weight is 371 g/mol. The van der Waals surface area contributed by atoms with Gasteiger partial charge in [-0.05, 0) is 18.2 Å². The van der Waals surface area contributed by atoms with Crippen LogP contribution in [0.5, 0.6) is 0 Å². The predicted molar refractivity (Wildman–Crippen MR) is 84.8 cm³/mol. The van der Waals surface area contributed by atoms with Gasteiger partial charge < -0.3 is 9.26 Å². The first-order valence-corrected chi connectivity index (χ1v) is 8.73. The number of esters is 1. The van der Waals surface area contributed by atoms with Crippen LogP contribution in [0.2, 0.25) is 0 Å². The summed E-state index contributed by atoms with van der Waals surface area (Å²) >= 11 is 0. The van der Waals surface area contributed by atoms with Crippen LogP contribution in [-0.2, 0) is 26.7 Å². The van der Waals surface area contributed by atoms with Gasteiger partial charge in [0.15, 0.2) is 5.82 Å². The third-order valence-corrected chi connectivity index (χ3v) is 4.59. The summed E-state index contributed by atoms with van der Waals surface area (Å²) in [5, 5.41) is 3.68. The van der Waals surface area contributed by atoms with Crippen molar-refractivity contribution in [1.29, 1.82) is 0 Å². The van der Waals surface area contributed by atoms with E-state index in [1.165, 1.54) is 0 Å². The SMILES string of the molecule is COC(=O)c1ccc(F)c(S(=O)(=O)NCc2noc(C(C)(C)C)n2)c1. The highest BCUT2D eigenvalue weighted by molar-refractivity contribution is 7.89. The Bertz CT molecular complexity index is 887. The molecule has 0 aliphatic heterocycles. The Kier molecular flexibility index (Phi) is 5.23. The molecule has 2 rings (SSSR count). The Morgan fingerprint density at radius 3 is 2.60 bits per heavy atom. The van der Waals surface area contributed by atoms with E-state index in [0.29, 0.717) is 5.89 Å². The third kappa shape index (κ3) is 4.40. The minimum atomic E-state index is -4.23. The standard InChI is InChI=1S/C15H18FN3O5S/c1-15(2,3)14-18-12(19-24-14)8-17-25(21,22)11-7-9(13(20)23-4)5-6-10(11)16/h5-7,17H,8H2,1-4H3. The van der Waals surface area contributed by atoms with Crippen LogP contribution in [0, 0.1) is 5.82 Å². The van der Waals surface area contributed by atoms with E-state index < -0.39 is 26.7 Å². The van der Waals surface area contributed by atoms with Crippen molar-refractivity contribution in [2.24, 2.45) is 0 Å². The van der Waals surface area contributed by atoms with Crippen LogP contribution in [0.1, 0.15) is 42.8 Å². The lowest BCUT2D eigenvalue weighted by molar-refractivity contribution is 0.0600. The first-order chi connectivity index (χ1) is 11.5. The first kappa shape index (κ1) is 19.0. The molecular formula is C15H18FN3O5S. The van der Waals surface area contributed by atoms with Gasteiger partial charge in [0.05, 0.1) is 19.2 Å². The van der Waals surface area contributed by atoms with E-state index in [-0.39, 0.29) is 23.3 Å². The summed E-state index contributed by atoms with van der Waals surface area (Å²) in [5.41, 5.74) is -0.468. The largest absolute Gasteiger partial charge is 0.465 e. The Morgan fingerprint density at radius 1 is 1.36 bits per heavy atom. The summed E-state index contributed by atoms with van der Waals surface area (Å²) in [6.07, 6.45) is 0. The Labute approximate surface area is 144 Å². The number of methoxy groups -OCH3 is 1. The molecule has 0 amide bonds. The van der Waals surface area contributed by atoms with E-state index in [2.05, 4.69) is 19.6 Å². The molecule has 0 fully saturated rings. The number of nitrogens with one attached hydrogen (secondary N) is 1. The number of carbonyl (C=O) groups excluding carboxylic acids is 1. The number of rotatable bonds is 5. The molecule has 1 aromatic heterocycles. The quantitative estimate of drug-likeness (QED) is 0.797. The topological polar surface area (TPSA) is 111 Å². The van der Waals surface area contributed by atoms with Gasteiger partial charge in [-0.3, -0.25) is 0 Å². The molecule has 1 aromatic carbocycles. The van der Waals surface area contributed by atoms with E-state index in [0.717, 1.165) is 25.3 Å². The number of hydrogen-bond donors (Lipinski definition) is 1. The van der Waals surface area contributed by atoms with Crippen molar-refractivity contribution in [1.82, 2.24) is 14.9 Å². The molecule has 0 atom stereocenters. The van der Waals surface area contributed by atoms with Crippen LogP contribution in [0.4, 0.5) is 4.39 Å². The van der Waals surface area contributed by atoms with Gasteiger partial charge in [0, 0.05) is 5.41 Å². The van der Waals surface area contributed by atoms with E-state index in [4.69, 9.17) is 4.52 Å². The van der Waals surface area contributed by atoms with Gasteiger partial charge in [-0.15, -0.1) is 0 Å². The van der Waals surface area contributed by atoms with Crippen molar-refractivity contribution in [2.45, 2.75) is 37.6 Å². The molecule has 0 bridgehead atoms. The molecule has 2 aromatic rings. The van der Waals surface area contributed by atoms with E-state index in [1.54, 1.807) is 0 Å². The van der Waals surface area contributed by atoms with Crippen molar-refractivity contribution >= 4 is 16.0 Å². The second kappa shape index (κ2) is 6.89. The minimum Gasteiger partial charge on any atom is -0.465 e. The molecule has 0 radical (unpaired) electrons. The van der Waals surface area contributed by atoms with Gasteiger partial charge in [-0.2, -0.15) is 4.98 Å². The highest BCUT2D eigenvalue weighted by Gasteiger charge is 2.24. The minimum absolute atomic E-state index is 0.0844. The van der Waals surface area contributed by atoms with Gasteiger partial charge in [-0.1, -0.05) is 25.9 Å². The summed E-state index contributed by atoms with van der Waals surface area (Å²) in [7, 11) is -3.09. The Hall–Kier alpha value is -2.33. The second-order valence-corrected chi connectivity index (χ2v) is 7.96. The summed E-state index contributed by atoms with van der Waals surface area (Å²) in [4.78, 5) is 14.9. The number of hydrogen-bond acceptors (Lipinski definition) is 7. The molecule has 0 saturated heterocycles. The zero-order chi connectivity index (χ0) is 18.8. The normalized spacial score (nSPS) is 12.2. The molecule has 0 saturated carbocycles. The maximum Gasteiger partial charge on any atom is 0.337 e. The summed E-state index contributed by atoms with van der Waals surface area (Å²) in [6, 6.07) is 2.92. The molecule has 0 unspecified atom stereocenters. The zero-order valence-electron chi connectivity index (χ0n) is 14.2. The molecule has 10 heteroatoms. The molecule has 136 valence electrons. The lowest BCUT2D eigenvalue weighted by Gasteiger charge is -2.10. The number of carbonyl (C=O) groups is 1. The van der Waals surface area contributed by atoms with Gasteiger partial charge >= 0.3 is 5.97 Å². The molecule has 0 spiro atoms. The number of halogens is 1. The highest BCUT2D eigenvalue weighted by atomic mass is 32.2. The number of aromatic nitrogens is 2. The molecule has 0 aliphatic rings. The smallest absolute Gasteiger partial charge is 0.337 e. The molecule has 25 heavy (non-hydrogen) atoms. The molecule has 1 N–H and O–H groups in total. The van der Waals surface area contributed by atoms with Gasteiger partial charge in [0.25, 0.3) is 0 Å². The number of nitrogens with zero attached hydrogens (tertiary/aromatic N) is 2. The predicted octanol–water partition coefficient (Wildman–Crippen LogP) is 1.77. The van der Waals surface area contributed by atoms with Crippen LogP contribution in [0.3, 0.4) is 0 Å². The van der Waals surface area contributed by atoms with Crippen LogP contribution in [0.25, 0.3) is 0 Å². The number of sulfonamides is 1. The number of ether oxygens (including phenoxy) is 1. The molecule has 1 heterocycles. The molecular weight excluding hydrogens is 353 g/mol. The highest BCUT2D eigenvalue weighted by Crippen LogP contribution is 2.20. The number of benzene rings is 1.